The lowest BCUT2D eigenvalue weighted by Gasteiger charge is -2.31. The van der Waals surface area contributed by atoms with E-state index in [-0.39, 0.29) is 12.2 Å². The van der Waals surface area contributed by atoms with E-state index in [0.29, 0.717) is 18.2 Å². The van der Waals surface area contributed by atoms with Gasteiger partial charge in [0.05, 0.1) is 18.2 Å². The van der Waals surface area contributed by atoms with Gasteiger partial charge in [-0.1, -0.05) is 25.3 Å². The third kappa shape index (κ3) is 4.10. The molecule has 0 bridgehead atoms. The average molecular weight is 389 g/mol. The van der Waals surface area contributed by atoms with E-state index in [1.807, 2.05) is 30.6 Å². The van der Waals surface area contributed by atoms with Crippen LogP contribution in [0.25, 0.3) is 10.9 Å². The van der Waals surface area contributed by atoms with Crippen molar-refractivity contribution in [1.82, 2.24) is 15.6 Å². The highest BCUT2D eigenvalue weighted by molar-refractivity contribution is 5.87. The van der Waals surface area contributed by atoms with Crippen LogP contribution in [0, 0.1) is 11.3 Å². The first-order chi connectivity index (χ1) is 14.2. The SMILES string of the molecule is C=NC(NC1=C(C)C=NCC1c1c[nH]c2cc(C#N)ccc12)NC1CCCCC1. The molecule has 0 amide bonds. The fourth-order valence-electron chi connectivity index (χ4n) is 4.49. The quantitative estimate of drug-likeness (QED) is 0.517. The lowest BCUT2D eigenvalue weighted by molar-refractivity contribution is 0.321. The smallest absolute Gasteiger partial charge is 0.172 e. The van der Waals surface area contributed by atoms with E-state index in [4.69, 9.17) is 5.26 Å². The summed E-state index contributed by atoms with van der Waals surface area (Å²) in [7, 11) is 0. The maximum absolute atomic E-state index is 9.17. The number of rotatable bonds is 6. The van der Waals surface area contributed by atoms with Crippen molar-refractivity contribution >= 4 is 23.8 Å². The summed E-state index contributed by atoms with van der Waals surface area (Å²) >= 11 is 0. The van der Waals surface area contributed by atoms with Gasteiger partial charge in [-0.05, 0) is 49.8 Å². The van der Waals surface area contributed by atoms with Crippen LogP contribution in [0.4, 0.5) is 0 Å². The van der Waals surface area contributed by atoms with Gasteiger partial charge in [-0.15, -0.1) is 0 Å². The second kappa shape index (κ2) is 8.62. The fourth-order valence-corrected chi connectivity index (χ4v) is 4.49. The number of nitrogens with one attached hydrogen (secondary N) is 3. The van der Waals surface area contributed by atoms with Crippen molar-refractivity contribution in [1.29, 1.82) is 5.26 Å². The highest BCUT2D eigenvalue weighted by Crippen LogP contribution is 2.33. The third-order valence-corrected chi connectivity index (χ3v) is 6.04. The number of nitrogens with zero attached hydrogens (tertiary/aromatic N) is 3. The molecule has 1 aliphatic carbocycles. The Labute approximate surface area is 171 Å². The van der Waals surface area contributed by atoms with Crippen molar-refractivity contribution in [3.8, 4) is 6.07 Å². The van der Waals surface area contributed by atoms with Gasteiger partial charge in [-0.3, -0.25) is 15.3 Å². The maximum Gasteiger partial charge on any atom is 0.172 e. The average Bonchev–Trinajstić information content (AvgIpc) is 3.18. The Bertz CT molecular complexity index is 986. The molecule has 1 aliphatic heterocycles. The van der Waals surface area contributed by atoms with Gasteiger partial charge in [0.1, 0.15) is 0 Å². The first-order valence-corrected chi connectivity index (χ1v) is 10.4. The molecular weight excluding hydrogens is 360 g/mol. The van der Waals surface area contributed by atoms with Crippen LogP contribution >= 0.6 is 0 Å². The zero-order valence-corrected chi connectivity index (χ0v) is 16.9. The number of aromatic nitrogens is 1. The van der Waals surface area contributed by atoms with Crippen molar-refractivity contribution in [3.05, 3.63) is 46.8 Å². The molecular formula is C23H28N6. The Morgan fingerprint density at radius 1 is 1.31 bits per heavy atom. The van der Waals surface area contributed by atoms with E-state index >= 15 is 0 Å². The second-order valence-corrected chi connectivity index (χ2v) is 7.99. The molecule has 2 atom stereocenters. The van der Waals surface area contributed by atoms with Crippen LogP contribution in [-0.2, 0) is 0 Å². The molecule has 150 valence electrons. The normalized spacial score (nSPS) is 21.2. The molecule has 1 fully saturated rings. The Morgan fingerprint density at radius 2 is 2.14 bits per heavy atom. The van der Waals surface area contributed by atoms with Crippen LogP contribution in [0.3, 0.4) is 0 Å². The molecule has 1 aromatic heterocycles. The van der Waals surface area contributed by atoms with Gasteiger partial charge < -0.3 is 10.3 Å². The van der Waals surface area contributed by atoms with E-state index in [0.717, 1.165) is 22.2 Å². The van der Waals surface area contributed by atoms with Crippen molar-refractivity contribution in [3.63, 3.8) is 0 Å². The lowest BCUT2D eigenvalue weighted by Crippen LogP contribution is -2.47. The zero-order chi connectivity index (χ0) is 20.2. The molecule has 2 unspecified atom stereocenters. The molecule has 0 saturated heterocycles. The van der Waals surface area contributed by atoms with Crippen LogP contribution < -0.4 is 10.6 Å². The third-order valence-electron chi connectivity index (χ3n) is 6.04. The van der Waals surface area contributed by atoms with Crippen molar-refractivity contribution < 1.29 is 0 Å². The van der Waals surface area contributed by atoms with Gasteiger partial charge in [0.2, 0.25) is 0 Å². The number of aliphatic imine (C=N–C) groups is 2. The molecule has 2 aromatic rings. The maximum atomic E-state index is 9.17. The molecule has 6 heteroatoms. The number of allylic oxidation sites excluding steroid dienone is 1. The monoisotopic (exact) mass is 388 g/mol. The molecule has 3 N–H and O–H groups in total. The summed E-state index contributed by atoms with van der Waals surface area (Å²) in [6.07, 6.45) is 10.0. The van der Waals surface area contributed by atoms with Gasteiger partial charge >= 0.3 is 0 Å². The number of dihydropyridines is 1. The van der Waals surface area contributed by atoms with Gasteiger partial charge in [0.15, 0.2) is 6.29 Å². The van der Waals surface area contributed by atoms with Gasteiger partial charge in [0, 0.05) is 41.0 Å². The summed E-state index contributed by atoms with van der Waals surface area (Å²) in [5.41, 5.74) is 5.06. The first kappa shape index (κ1) is 19.4. The Kier molecular flexibility index (Phi) is 5.77. The van der Waals surface area contributed by atoms with Crippen molar-refractivity contribution in [2.24, 2.45) is 9.98 Å². The highest BCUT2D eigenvalue weighted by atomic mass is 15.3. The van der Waals surface area contributed by atoms with E-state index < -0.39 is 0 Å². The van der Waals surface area contributed by atoms with Gasteiger partial charge in [-0.2, -0.15) is 5.26 Å². The Morgan fingerprint density at radius 3 is 2.90 bits per heavy atom. The first-order valence-electron chi connectivity index (χ1n) is 10.4. The Balaban J connectivity index is 1.59. The van der Waals surface area contributed by atoms with E-state index in [9.17, 15) is 0 Å². The van der Waals surface area contributed by atoms with Gasteiger partial charge in [0.25, 0.3) is 0 Å². The molecule has 1 aromatic carbocycles. The van der Waals surface area contributed by atoms with Crippen LogP contribution in [0.15, 0.2) is 45.7 Å². The van der Waals surface area contributed by atoms with Gasteiger partial charge in [-0.25, -0.2) is 0 Å². The zero-order valence-electron chi connectivity index (χ0n) is 16.9. The van der Waals surface area contributed by atoms with E-state index in [1.54, 1.807) is 0 Å². The minimum atomic E-state index is -0.215. The van der Waals surface area contributed by atoms with E-state index in [1.165, 1.54) is 37.7 Å². The van der Waals surface area contributed by atoms with E-state index in [2.05, 4.69) is 45.3 Å². The molecule has 0 spiro atoms. The van der Waals surface area contributed by atoms with Crippen LogP contribution in [-0.4, -0.2) is 36.8 Å². The molecule has 1 saturated carbocycles. The number of benzene rings is 1. The number of nitriles is 1. The standard InChI is InChI=1S/C23H28N6/c1-15-12-26-13-20(19-14-27-21-10-16(11-24)8-9-18(19)21)22(15)29-23(25-2)28-17-6-4-3-5-7-17/h8-10,12,14,17,20,23,27-29H,2-7,13H2,1H3. The summed E-state index contributed by atoms with van der Waals surface area (Å²) in [5, 5.41) is 17.5. The van der Waals surface area contributed by atoms with Crippen molar-refractivity contribution in [2.45, 2.75) is 57.3 Å². The summed E-state index contributed by atoms with van der Waals surface area (Å²) in [5.74, 6) is 0.110. The van der Waals surface area contributed by atoms with Crippen molar-refractivity contribution in [2.75, 3.05) is 6.54 Å². The topological polar surface area (TPSA) is 88.4 Å². The summed E-state index contributed by atoms with van der Waals surface area (Å²) in [4.78, 5) is 12.2. The molecule has 29 heavy (non-hydrogen) atoms. The predicted molar refractivity (Wildman–Crippen MR) is 118 cm³/mol. The summed E-state index contributed by atoms with van der Waals surface area (Å²) in [6.45, 7) is 6.57. The minimum absolute atomic E-state index is 0.110. The molecule has 2 aliphatic rings. The number of H-pyrrole nitrogens is 1. The fraction of sp³-hybridized carbons (Fsp3) is 0.435. The van der Waals surface area contributed by atoms with Crippen LogP contribution in [0.5, 0.6) is 0 Å². The van der Waals surface area contributed by atoms with Crippen LogP contribution in [0.1, 0.15) is 56.1 Å². The Hall–Kier alpha value is -2.91. The molecule has 2 heterocycles. The largest absolute Gasteiger partial charge is 0.361 e. The minimum Gasteiger partial charge on any atom is -0.361 e. The number of hydrogen-bond donors (Lipinski definition) is 3. The van der Waals surface area contributed by atoms with Crippen LogP contribution in [0.2, 0.25) is 0 Å². The molecule has 4 rings (SSSR count). The predicted octanol–water partition coefficient (Wildman–Crippen LogP) is 3.98. The molecule has 0 radical (unpaired) electrons. The second-order valence-electron chi connectivity index (χ2n) is 7.99. The number of hydrogen-bond acceptors (Lipinski definition) is 5. The summed E-state index contributed by atoms with van der Waals surface area (Å²) < 4.78 is 0. The number of fused-ring (bicyclic) bond motifs is 1. The number of aromatic amines is 1. The summed E-state index contributed by atoms with van der Waals surface area (Å²) in [6, 6.07) is 8.48. The highest BCUT2D eigenvalue weighted by Gasteiger charge is 2.26. The lowest BCUT2D eigenvalue weighted by atomic mass is 9.90. The molecule has 6 nitrogen and oxygen atoms in total.